The Hall–Kier alpha value is -0.940. The molecule has 5 heteroatoms. The van der Waals surface area contributed by atoms with Crippen molar-refractivity contribution in [3.8, 4) is 0 Å². The van der Waals surface area contributed by atoms with Gasteiger partial charge < -0.3 is 9.88 Å². The van der Waals surface area contributed by atoms with Gasteiger partial charge in [-0.2, -0.15) is 0 Å². The average molecular weight is 223 g/mol. The maximum atomic E-state index is 4.14. The second-order valence-electron chi connectivity index (χ2n) is 4.81. The van der Waals surface area contributed by atoms with Gasteiger partial charge in [0.1, 0.15) is 12.2 Å². The molecule has 2 heterocycles. The van der Waals surface area contributed by atoms with Gasteiger partial charge in [-0.1, -0.05) is 13.8 Å². The van der Waals surface area contributed by atoms with Crippen LogP contribution in [0.1, 0.15) is 19.7 Å². The Morgan fingerprint density at radius 3 is 2.94 bits per heavy atom. The molecule has 0 spiro atoms. The number of likely N-dealkylation sites (N-methyl/N-ethyl adjacent to an activating group) is 1. The van der Waals surface area contributed by atoms with Gasteiger partial charge >= 0.3 is 0 Å². The standard InChI is InChI=1S/C11H21N5/c1-9(2)10(12-3)6-15-4-5-16-8-13-14-11(16)7-15/h8-10,12H,4-7H2,1-3H3. The predicted molar refractivity (Wildman–Crippen MR) is 63.0 cm³/mol. The number of rotatable bonds is 4. The molecule has 1 atom stereocenters. The van der Waals surface area contributed by atoms with E-state index in [1.54, 1.807) is 0 Å². The van der Waals surface area contributed by atoms with Gasteiger partial charge in [-0.25, -0.2) is 0 Å². The van der Waals surface area contributed by atoms with Gasteiger partial charge in [0.05, 0.1) is 6.54 Å². The van der Waals surface area contributed by atoms with Crippen LogP contribution in [0.15, 0.2) is 6.33 Å². The van der Waals surface area contributed by atoms with E-state index in [9.17, 15) is 0 Å². The molecular formula is C11H21N5. The molecule has 1 aliphatic rings. The summed E-state index contributed by atoms with van der Waals surface area (Å²) in [6.07, 6.45) is 1.82. The highest BCUT2D eigenvalue weighted by Gasteiger charge is 2.21. The first-order valence-electron chi connectivity index (χ1n) is 5.97. The van der Waals surface area contributed by atoms with Crippen LogP contribution in [0.25, 0.3) is 0 Å². The summed E-state index contributed by atoms with van der Waals surface area (Å²) in [5.41, 5.74) is 0. The van der Waals surface area contributed by atoms with Gasteiger partial charge in [0.2, 0.25) is 0 Å². The smallest absolute Gasteiger partial charge is 0.147 e. The molecule has 0 bridgehead atoms. The number of fused-ring (bicyclic) bond motifs is 1. The zero-order valence-corrected chi connectivity index (χ0v) is 10.3. The van der Waals surface area contributed by atoms with Crippen LogP contribution >= 0.6 is 0 Å². The molecule has 0 saturated carbocycles. The third-order valence-electron chi connectivity index (χ3n) is 3.35. The fraction of sp³-hybridized carbons (Fsp3) is 0.818. The summed E-state index contributed by atoms with van der Waals surface area (Å²) in [5.74, 6) is 1.75. The summed E-state index contributed by atoms with van der Waals surface area (Å²) >= 11 is 0. The summed E-state index contributed by atoms with van der Waals surface area (Å²) in [6.45, 7) is 8.62. The first-order chi connectivity index (χ1) is 7.70. The second-order valence-corrected chi connectivity index (χ2v) is 4.81. The lowest BCUT2D eigenvalue weighted by Crippen LogP contribution is -2.45. The van der Waals surface area contributed by atoms with Gasteiger partial charge in [0, 0.05) is 25.7 Å². The Labute approximate surface area is 96.8 Å². The van der Waals surface area contributed by atoms with Gasteiger partial charge in [0.25, 0.3) is 0 Å². The maximum absolute atomic E-state index is 4.14. The summed E-state index contributed by atoms with van der Waals surface area (Å²) in [7, 11) is 2.04. The van der Waals surface area contributed by atoms with Crippen LogP contribution in [-0.2, 0) is 13.1 Å². The minimum atomic E-state index is 0.550. The number of hydrogen-bond acceptors (Lipinski definition) is 4. The van der Waals surface area contributed by atoms with Crippen LogP contribution in [0.3, 0.4) is 0 Å². The molecule has 1 aliphatic heterocycles. The molecule has 0 amide bonds. The minimum absolute atomic E-state index is 0.550. The largest absolute Gasteiger partial charge is 0.315 e. The Morgan fingerprint density at radius 1 is 1.44 bits per heavy atom. The lowest BCUT2D eigenvalue weighted by Gasteiger charge is -2.31. The summed E-state index contributed by atoms with van der Waals surface area (Å²) in [4.78, 5) is 2.45. The Balaban J connectivity index is 1.93. The summed E-state index contributed by atoms with van der Waals surface area (Å²) < 4.78 is 2.14. The molecule has 1 aromatic rings. The molecule has 1 aromatic heterocycles. The highest BCUT2D eigenvalue weighted by molar-refractivity contribution is 4.91. The van der Waals surface area contributed by atoms with E-state index in [4.69, 9.17) is 0 Å². The van der Waals surface area contributed by atoms with E-state index in [2.05, 4.69) is 38.8 Å². The quantitative estimate of drug-likeness (QED) is 0.799. The molecule has 1 N–H and O–H groups in total. The van der Waals surface area contributed by atoms with Crippen molar-refractivity contribution >= 4 is 0 Å². The average Bonchev–Trinajstić information content (AvgIpc) is 2.72. The summed E-state index contributed by atoms with van der Waals surface area (Å²) in [6, 6.07) is 0.550. The second kappa shape index (κ2) is 4.93. The molecule has 0 aromatic carbocycles. The van der Waals surface area contributed by atoms with Gasteiger partial charge in [0.15, 0.2) is 0 Å². The molecule has 1 unspecified atom stereocenters. The maximum Gasteiger partial charge on any atom is 0.147 e. The van der Waals surface area contributed by atoms with Crippen LogP contribution in [0, 0.1) is 5.92 Å². The molecular weight excluding hydrogens is 202 g/mol. The van der Waals surface area contributed by atoms with Gasteiger partial charge in [-0.05, 0) is 13.0 Å². The lowest BCUT2D eigenvalue weighted by atomic mass is 10.0. The lowest BCUT2D eigenvalue weighted by molar-refractivity contribution is 0.181. The molecule has 0 radical (unpaired) electrons. The van der Waals surface area contributed by atoms with Crippen molar-refractivity contribution in [2.24, 2.45) is 5.92 Å². The van der Waals surface area contributed by atoms with E-state index in [0.29, 0.717) is 12.0 Å². The Morgan fingerprint density at radius 2 is 2.25 bits per heavy atom. The van der Waals surface area contributed by atoms with E-state index < -0.39 is 0 Å². The molecule has 0 fully saturated rings. The number of aromatic nitrogens is 3. The molecule has 90 valence electrons. The summed E-state index contributed by atoms with van der Waals surface area (Å²) in [5, 5.41) is 11.5. The van der Waals surface area contributed by atoms with Crippen LogP contribution in [0.5, 0.6) is 0 Å². The normalized spacial score (nSPS) is 18.8. The molecule has 0 aliphatic carbocycles. The fourth-order valence-electron chi connectivity index (χ4n) is 2.19. The van der Waals surface area contributed by atoms with Crippen LogP contribution in [0.4, 0.5) is 0 Å². The third kappa shape index (κ3) is 2.41. The molecule has 2 rings (SSSR count). The molecule has 0 saturated heterocycles. The third-order valence-corrected chi connectivity index (χ3v) is 3.35. The monoisotopic (exact) mass is 223 g/mol. The SMILES string of the molecule is CNC(CN1CCn2cnnc2C1)C(C)C. The highest BCUT2D eigenvalue weighted by Crippen LogP contribution is 2.11. The fourth-order valence-corrected chi connectivity index (χ4v) is 2.19. The first kappa shape index (κ1) is 11.5. The van der Waals surface area contributed by atoms with Crippen LogP contribution in [0.2, 0.25) is 0 Å². The first-order valence-corrected chi connectivity index (χ1v) is 5.97. The van der Waals surface area contributed by atoms with Crippen molar-refractivity contribution in [2.75, 3.05) is 20.1 Å². The predicted octanol–water partition coefficient (Wildman–Crippen LogP) is 0.338. The zero-order valence-electron chi connectivity index (χ0n) is 10.3. The van der Waals surface area contributed by atoms with E-state index in [0.717, 1.165) is 32.0 Å². The Kier molecular flexibility index (Phi) is 3.56. The van der Waals surface area contributed by atoms with Gasteiger partial charge in [-0.3, -0.25) is 4.90 Å². The number of nitrogens with zero attached hydrogens (tertiary/aromatic N) is 4. The van der Waals surface area contributed by atoms with E-state index in [1.807, 2.05) is 13.4 Å². The van der Waals surface area contributed by atoms with Gasteiger partial charge in [-0.15, -0.1) is 10.2 Å². The number of hydrogen-bond donors (Lipinski definition) is 1. The van der Waals surface area contributed by atoms with Crippen molar-refractivity contribution in [3.05, 3.63) is 12.2 Å². The van der Waals surface area contributed by atoms with Crippen molar-refractivity contribution in [1.29, 1.82) is 0 Å². The number of nitrogens with one attached hydrogen (secondary N) is 1. The minimum Gasteiger partial charge on any atom is -0.315 e. The Bertz CT molecular complexity index is 333. The van der Waals surface area contributed by atoms with Crippen molar-refractivity contribution < 1.29 is 0 Å². The highest BCUT2D eigenvalue weighted by atomic mass is 15.3. The van der Waals surface area contributed by atoms with E-state index >= 15 is 0 Å². The van der Waals surface area contributed by atoms with E-state index in [1.165, 1.54) is 0 Å². The van der Waals surface area contributed by atoms with Crippen molar-refractivity contribution in [1.82, 2.24) is 25.0 Å². The van der Waals surface area contributed by atoms with E-state index in [-0.39, 0.29) is 0 Å². The van der Waals surface area contributed by atoms with Crippen molar-refractivity contribution in [2.45, 2.75) is 33.0 Å². The molecule has 16 heavy (non-hydrogen) atoms. The van der Waals surface area contributed by atoms with Crippen molar-refractivity contribution in [3.63, 3.8) is 0 Å². The zero-order chi connectivity index (χ0) is 11.5. The van der Waals surface area contributed by atoms with Crippen LogP contribution in [-0.4, -0.2) is 45.8 Å². The molecule has 5 nitrogen and oxygen atoms in total. The topological polar surface area (TPSA) is 46.0 Å². The van der Waals surface area contributed by atoms with Crippen LogP contribution < -0.4 is 5.32 Å².